The normalized spacial score (nSPS) is 16.6. The largest absolute Gasteiger partial charge is 0.373 e. The first-order chi connectivity index (χ1) is 10.4. The number of aromatic amines is 1. The smallest absolute Gasteiger partial charge is 0.322 e. The average molecular weight is 305 g/mol. The molecule has 2 amide bonds. The summed E-state index contributed by atoms with van der Waals surface area (Å²) in [5, 5.41) is 8.36. The SMILES string of the molecule is C=C(C)C1(NC(=O)Nc2nc(NC)cc(=O)[nH]2)CCCCC1. The number of H-pyrrole nitrogens is 1. The number of carbonyl (C=O) groups is 1. The molecular weight excluding hydrogens is 282 g/mol. The third kappa shape index (κ3) is 3.66. The van der Waals surface area contributed by atoms with Gasteiger partial charge in [0.15, 0.2) is 0 Å². The second-order valence-electron chi connectivity index (χ2n) is 5.73. The van der Waals surface area contributed by atoms with Gasteiger partial charge in [0, 0.05) is 13.1 Å². The monoisotopic (exact) mass is 305 g/mol. The minimum atomic E-state index is -0.388. The first kappa shape index (κ1) is 16.1. The molecule has 7 nitrogen and oxygen atoms in total. The molecule has 0 saturated heterocycles. The van der Waals surface area contributed by atoms with E-state index >= 15 is 0 Å². The van der Waals surface area contributed by atoms with Gasteiger partial charge in [-0.25, -0.2) is 4.79 Å². The minimum Gasteiger partial charge on any atom is -0.373 e. The lowest BCUT2D eigenvalue weighted by atomic mass is 9.77. The maximum absolute atomic E-state index is 12.3. The fourth-order valence-corrected chi connectivity index (χ4v) is 2.81. The van der Waals surface area contributed by atoms with Crippen molar-refractivity contribution < 1.29 is 4.79 Å². The molecule has 1 aliphatic carbocycles. The molecule has 1 aromatic rings. The topological polar surface area (TPSA) is 98.9 Å². The molecule has 0 unspecified atom stereocenters. The van der Waals surface area contributed by atoms with Gasteiger partial charge in [-0.3, -0.25) is 15.1 Å². The molecule has 1 fully saturated rings. The molecule has 2 rings (SSSR count). The van der Waals surface area contributed by atoms with E-state index in [-0.39, 0.29) is 23.1 Å². The number of hydrogen-bond donors (Lipinski definition) is 4. The third-order valence-corrected chi connectivity index (χ3v) is 4.11. The summed E-state index contributed by atoms with van der Waals surface area (Å²) in [5.74, 6) is 0.508. The number of aromatic nitrogens is 2. The third-order valence-electron chi connectivity index (χ3n) is 4.11. The number of anilines is 2. The summed E-state index contributed by atoms with van der Waals surface area (Å²) in [5.41, 5.74) is 0.248. The molecule has 1 heterocycles. The van der Waals surface area contributed by atoms with Crippen LogP contribution in [-0.4, -0.2) is 28.6 Å². The summed E-state index contributed by atoms with van der Waals surface area (Å²) in [6.45, 7) is 5.96. The van der Waals surface area contributed by atoms with Crippen LogP contribution in [0.3, 0.4) is 0 Å². The number of nitrogens with zero attached hydrogens (tertiary/aromatic N) is 1. The van der Waals surface area contributed by atoms with Gasteiger partial charge in [-0.1, -0.05) is 31.4 Å². The van der Waals surface area contributed by atoms with Crippen molar-refractivity contribution >= 4 is 17.8 Å². The van der Waals surface area contributed by atoms with E-state index in [9.17, 15) is 9.59 Å². The maximum atomic E-state index is 12.3. The minimum absolute atomic E-state index is 0.113. The highest BCUT2D eigenvalue weighted by Gasteiger charge is 2.34. The maximum Gasteiger partial charge on any atom is 0.322 e. The lowest BCUT2D eigenvalue weighted by Gasteiger charge is -2.38. The Labute approximate surface area is 129 Å². The summed E-state index contributed by atoms with van der Waals surface area (Å²) in [4.78, 5) is 30.3. The Kier molecular flexibility index (Phi) is 4.85. The van der Waals surface area contributed by atoms with Gasteiger partial charge in [0.1, 0.15) is 5.82 Å². The number of rotatable bonds is 4. The first-order valence-electron chi connectivity index (χ1n) is 7.49. The zero-order chi connectivity index (χ0) is 16.2. The molecule has 1 aromatic heterocycles. The summed E-state index contributed by atoms with van der Waals surface area (Å²) >= 11 is 0. The fourth-order valence-electron chi connectivity index (χ4n) is 2.81. The quantitative estimate of drug-likeness (QED) is 0.641. The van der Waals surface area contributed by atoms with Crippen LogP contribution < -0.4 is 21.5 Å². The summed E-state index contributed by atoms with van der Waals surface area (Å²) in [7, 11) is 1.66. The molecule has 4 N–H and O–H groups in total. The van der Waals surface area contributed by atoms with E-state index in [1.165, 1.54) is 12.5 Å². The number of hydrogen-bond acceptors (Lipinski definition) is 4. The van der Waals surface area contributed by atoms with Crippen LogP contribution in [0.4, 0.5) is 16.6 Å². The summed E-state index contributed by atoms with van der Waals surface area (Å²) < 4.78 is 0. The van der Waals surface area contributed by atoms with Crippen LogP contribution in [0.1, 0.15) is 39.0 Å². The number of nitrogens with one attached hydrogen (secondary N) is 4. The Morgan fingerprint density at radius 3 is 2.64 bits per heavy atom. The highest BCUT2D eigenvalue weighted by Crippen LogP contribution is 2.33. The lowest BCUT2D eigenvalue weighted by molar-refractivity contribution is 0.227. The first-order valence-corrected chi connectivity index (χ1v) is 7.49. The molecule has 0 aliphatic heterocycles. The fraction of sp³-hybridized carbons (Fsp3) is 0.533. The van der Waals surface area contributed by atoms with Crippen molar-refractivity contribution in [3.8, 4) is 0 Å². The van der Waals surface area contributed by atoms with Gasteiger partial charge in [0.05, 0.1) is 5.54 Å². The highest BCUT2D eigenvalue weighted by molar-refractivity contribution is 5.88. The highest BCUT2D eigenvalue weighted by atomic mass is 16.2. The van der Waals surface area contributed by atoms with Gasteiger partial charge in [-0.05, 0) is 19.8 Å². The van der Waals surface area contributed by atoms with Gasteiger partial charge in [-0.2, -0.15) is 4.98 Å². The van der Waals surface area contributed by atoms with Crippen molar-refractivity contribution in [2.75, 3.05) is 17.7 Å². The molecule has 0 radical (unpaired) electrons. The van der Waals surface area contributed by atoms with Gasteiger partial charge in [0.25, 0.3) is 5.56 Å². The predicted octanol–water partition coefficient (Wildman–Crippen LogP) is 2.21. The summed E-state index contributed by atoms with van der Waals surface area (Å²) in [6, 6.07) is 0.931. The number of carbonyl (C=O) groups excluding carboxylic acids is 1. The molecule has 1 saturated carbocycles. The molecule has 0 aromatic carbocycles. The van der Waals surface area contributed by atoms with Crippen molar-refractivity contribution in [2.45, 2.75) is 44.6 Å². The van der Waals surface area contributed by atoms with Crippen LogP contribution in [0.2, 0.25) is 0 Å². The van der Waals surface area contributed by atoms with Crippen LogP contribution in [0, 0.1) is 0 Å². The summed E-state index contributed by atoms with van der Waals surface area (Å²) in [6.07, 6.45) is 5.08. The molecule has 0 spiro atoms. The van der Waals surface area contributed by atoms with E-state index in [1.807, 2.05) is 6.92 Å². The van der Waals surface area contributed by atoms with Gasteiger partial charge >= 0.3 is 6.03 Å². The zero-order valence-electron chi connectivity index (χ0n) is 13.1. The van der Waals surface area contributed by atoms with Crippen LogP contribution in [0.25, 0.3) is 0 Å². The second kappa shape index (κ2) is 6.64. The Morgan fingerprint density at radius 2 is 2.05 bits per heavy atom. The van der Waals surface area contributed by atoms with E-state index in [0.717, 1.165) is 31.3 Å². The lowest BCUT2D eigenvalue weighted by Crippen LogP contribution is -2.52. The van der Waals surface area contributed by atoms with Gasteiger partial charge < -0.3 is 10.6 Å². The van der Waals surface area contributed by atoms with Crippen molar-refractivity contribution in [1.82, 2.24) is 15.3 Å². The van der Waals surface area contributed by atoms with E-state index in [0.29, 0.717) is 5.82 Å². The van der Waals surface area contributed by atoms with Crippen molar-refractivity contribution in [3.05, 3.63) is 28.6 Å². The van der Waals surface area contributed by atoms with Crippen molar-refractivity contribution in [2.24, 2.45) is 0 Å². The molecule has 7 heteroatoms. The predicted molar refractivity (Wildman–Crippen MR) is 87.2 cm³/mol. The number of amides is 2. The van der Waals surface area contributed by atoms with Crippen LogP contribution >= 0.6 is 0 Å². The number of urea groups is 1. The standard InChI is InChI=1S/C15H23N5O2/c1-10(2)15(7-5-4-6-8-15)20-14(22)19-13-17-11(16-3)9-12(21)18-13/h9H,1,4-8H2,2-3H3,(H4,16,17,18,19,20,21,22). The zero-order valence-corrected chi connectivity index (χ0v) is 13.1. The van der Waals surface area contributed by atoms with Gasteiger partial charge in [0.2, 0.25) is 5.95 Å². The van der Waals surface area contributed by atoms with Gasteiger partial charge in [-0.15, -0.1) is 0 Å². The van der Waals surface area contributed by atoms with Crippen LogP contribution in [0.5, 0.6) is 0 Å². The van der Waals surface area contributed by atoms with E-state index in [4.69, 9.17) is 0 Å². The molecule has 1 aliphatic rings. The average Bonchev–Trinajstić information content (AvgIpc) is 2.47. The molecule has 0 bridgehead atoms. The molecular formula is C15H23N5O2. The molecule has 22 heavy (non-hydrogen) atoms. The van der Waals surface area contributed by atoms with E-state index < -0.39 is 0 Å². The van der Waals surface area contributed by atoms with E-state index in [1.54, 1.807) is 7.05 Å². The Morgan fingerprint density at radius 1 is 1.36 bits per heavy atom. The Hall–Kier alpha value is -2.31. The van der Waals surface area contributed by atoms with Crippen LogP contribution in [0.15, 0.2) is 23.0 Å². The second-order valence-corrected chi connectivity index (χ2v) is 5.73. The van der Waals surface area contributed by atoms with E-state index in [2.05, 4.69) is 32.5 Å². The molecule has 0 atom stereocenters. The van der Waals surface area contributed by atoms with Crippen molar-refractivity contribution in [1.29, 1.82) is 0 Å². The Bertz CT molecular complexity index is 617. The Balaban J connectivity index is 2.10. The van der Waals surface area contributed by atoms with Crippen molar-refractivity contribution in [3.63, 3.8) is 0 Å². The molecule has 120 valence electrons. The van der Waals surface area contributed by atoms with Crippen LogP contribution in [-0.2, 0) is 0 Å².